The molecule has 0 radical (unpaired) electrons. The van der Waals surface area contributed by atoms with Crippen LogP contribution >= 0.6 is 0 Å². The Balaban J connectivity index is 3.13. The van der Waals surface area contributed by atoms with E-state index in [-0.39, 0.29) is 12.5 Å². The van der Waals surface area contributed by atoms with Gasteiger partial charge in [0.05, 0.1) is 39.6 Å². The van der Waals surface area contributed by atoms with Gasteiger partial charge in [0, 0.05) is 20.2 Å². The molecule has 0 rings (SSSR count). The Morgan fingerprint density at radius 3 is 2.21 bits per heavy atom. The summed E-state index contributed by atoms with van der Waals surface area (Å²) in [6.07, 6.45) is 0. The summed E-state index contributed by atoms with van der Waals surface area (Å²) >= 11 is 0. The molecule has 7 heteroatoms. The first kappa shape index (κ1) is 18.3. The van der Waals surface area contributed by atoms with Crippen LogP contribution in [0.2, 0.25) is 0 Å². The number of carbonyl (C=O) groups excluding carboxylic acids is 1. The van der Waals surface area contributed by atoms with Crippen LogP contribution in [0.1, 0.15) is 0 Å². The standard InChI is InChI=1S/C12H26N2O5/c1-13-3-5-17-9-10-19-11-12(15)14-4-6-18-8-7-16-2/h13H,3-11H2,1-2H3,(H,14,15). The van der Waals surface area contributed by atoms with E-state index >= 15 is 0 Å². The monoisotopic (exact) mass is 278 g/mol. The first-order valence-corrected chi connectivity index (χ1v) is 6.44. The molecule has 0 saturated carbocycles. The molecule has 0 heterocycles. The average Bonchev–Trinajstić information content (AvgIpc) is 2.41. The SMILES string of the molecule is CNCCOCCOCC(=O)NCCOCCOC. The van der Waals surface area contributed by atoms with E-state index in [0.29, 0.717) is 46.2 Å². The summed E-state index contributed by atoms with van der Waals surface area (Å²) in [5, 5.41) is 5.66. The molecule has 0 spiro atoms. The lowest BCUT2D eigenvalue weighted by atomic mass is 10.6. The molecule has 0 aromatic heterocycles. The fourth-order valence-corrected chi connectivity index (χ4v) is 1.12. The first-order valence-electron chi connectivity index (χ1n) is 6.44. The maximum absolute atomic E-state index is 11.3. The third-order valence-electron chi connectivity index (χ3n) is 2.10. The summed E-state index contributed by atoms with van der Waals surface area (Å²) in [6.45, 7) is 4.46. The second-order valence-corrected chi connectivity index (χ2v) is 3.72. The zero-order chi connectivity index (χ0) is 14.2. The molecule has 0 aliphatic heterocycles. The van der Waals surface area contributed by atoms with Crippen molar-refractivity contribution in [2.24, 2.45) is 0 Å². The highest BCUT2D eigenvalue weighted by Gasteiger charge is 2.00. The van der Waals surface area contributed by atoms with Crippen molar-refractivity contribution >= 4 is 5.91 Å². The molecule has 0 aromatic rings. The number of hydrogen-bond acceptors (Lipinski definition) is 6. The van der Waals surface area contributed by atoms with Crippen molar-refractivity contribution in [3.8, 4) is 0 Å². The van der Waals surface area contributed by atoms with E-state index in [9.17, 15) is 4.79 Å². The minimum absolute atomic E-state index is 0.0491. The van der Waals surface area contributed by atoms with Gasteiger partial charge in [-0.3, -0.25) is 4.79 Å². The van der Waals surface area contributed by atoms with Gasteiger partial charge in [-0.25, -0.2) is 0 Å². The van der Waals surface area contributed by atoms with Gasteiger partial charge in [-0.15, -0.1) is 0 Å². The van der Waals surface area contributed by atoms with Crippen molar-refractivity contribution in [2.45, 2.75) is 0 Å². The molecule has 0 fully saturated rings. The normalized spacial score (nSPS) is 10.6. The molecule has 19 heavy (non-hydrogen) atoms. The maximum Gasteiger partial charge on any atom is 0.246 e. The third-order valence-corrected chi connectivity index (χ3v) is 2.10. The minimum atomic E-state index is -0.148. The highest BCUT2D eigenvalue weighted by atomic mass is 16.5. The topological polar surface area (TPSA) is 78.1 Å². The zero-order valence-corrected chi connectivity index (χ0v) is 11.9. The third kappa shape index (κ3) is 15.2. The van der Waals surface area contributed by atoms with Crippen LogP contribution in [-0.4, -0.2) is 79.4 Å². The number of rotatable bonds is 14. The van der Waals surface area contributed by atoms with Crippen LogP contribution in [0.5, 0.6) is 0 Å². The summed E-state index contributed by atoms with van der Waals surface area (Å²) in [6, 6.07) is 0. The van der Waals surface area contributed by atoms with Gasteiger partial charge in [0.1, 0.15) is 6.61 Å². The molecule has 2 N–H and O–H groups in total. The summed E-state index contributed by atoms with van der Waals surface area (Å²) in [4.78, 5) is 11.3. The lowest BCUT2D eigenvalue weighted by molar-refractivity contribution is -0.126. The van der Waals surface area contributed by atoms with Gasteiger partial charge in [0.25, 0.3) is 0 Å². The van der Waals surface area contributed by atoms with Crippen LogP contribution in [0, 0.1) is 0 Å². The van der Waals surface area contributed by atoms with Crippen molar-refractivity contribution in [3.05, 3.63) is 0 Å². The zero-order valence-electron chi connectivity index (χ0n) is 11.9. The van der Waals surface area contributed by atoms with Gasteiger partial charge in [0.15, 0.2) is 0 Å². The molecule has 0 aliphatic rings. The van der Waals surface area contributed by atoms with Crippen molar-refractivity contribution in [3.63, 3.8) is 0 Å². The Morgan fingerprint density at radius 2 is 1.53 bits per heavy atom. The van der Waals surface area contributed by atoms with E-state index < -0.39 is 0 Å². The quantitative estimate of drug-likeness (QED) is 0.398. The Morgan fingerprint density at radius 1 is 0.895 bits per heavy atom. The van der Waals surface area contributed by atoms with Crippen molar-refractivity contribution in [1.29, 1.82) is 0 Å². The van der Waals surface area contributed by atoms with E-state index in [4.69, 9.17) is 18.9 Å². The van der Waals surface area contributed by atoms with Crippen molar-refractivity contribution in [2.75, 3.05) is 73.5 Å². The van der Waals surface area contributed by atoms with E-state index in [2.05, 4.69) is 10.6 Å². The van der Waals surface area contributed by atoms with Gasteiger partial charge < -0.3 is 29.6 Å². The molecule has 0 aliphatic carbocycles. The second-order valence-electron chi connectivity index (χ2n) is 3.72. The number of methoxy groups -OCH3 is 1. The van der Waals surface area contributed by atoms with Crippen LogP contribution < -0.4 is 10.6 Å². The summed E-state index contributed by atoms with van der Waals surface area (Å²) < 4.78 is 20.4. The van der Waals surface area contributed by atoms with E-state index in [1.165, 1.54) is 0 Å². The van der Waals surface area contributed by atoms with Crippen LogP contribution in [0.4, 0.5) is 0 Å². The Labute approximate surface area is 114 Å². The average molecular weight is 278 g/mol. The van der Waals surface area contributed by atoms with Gasteiger partial charge in [-0.05, 0) is 7.05 Å². The van der Waals surface area contributed by atoms with Gasteiger partial charge in [-0.2, -0.15) is 0 Å². The smallest absolute Gasteiger partial charge is 0.246 e. The molecule has 0 atom stereocenters. The Bertz CT molecular complexity index is 205. The lowest BCUT2D eigenvalue weighted by Crippen LogP contribution is -2.31. The first-order chi connectivity index (χ1) is 9.31. The van der Waals surface area contributed by atoms with E-state index in [0.717, 1.165) is 6.54 Å². The fraction of sp³-hybridized carbons (Fsp3) is 0.917. The molecule has 7 nitrogen and oxygen atoms in total. The largest absolute Gasteiger partial charge is 0.382 e. The summed E-state index contributed by atoms with van der Waals surface area (Å²) in [5.41, 5.74) is 0. The van der Waals surface area contributed by atoms with Gasteiger partial charge >= 0.3 is 0 Å². The van der Waals surface area contributed by atoms with Crippen LogP contribution in [-0.2, 0) is 23.7 Å². The lowest BCUT2D eigenvalue weighted by Gasteiger charge is -2.07. The molecule has 0 unspecified atom stereocenters. The molecule has 114 valence electrons. The molecular formula is C12H26N2O5. The van der Waals surface area contributed by atoms with E-state index in [1.807, 2.05) is 7.05 Å². The maximum atomic E-state index is 11.3. The van der Waals surface area contributed by atoms with Crippen LogP contribution in [0.15, 0.2) is 0 Å². The van der Waals surface area contributed by atoms with E-state index in [1.54, 1.807) is 7.11 Å². The van der Waals surface area contributed by atoms with Crippen molar-refractivity contribution in [1.82, 2.24) is 10.6 Å². The summed E-state index contributed by atoms with van der Waals surface area (Å²) in [5.74, 6) is -0.148. The second kappa shape index (κ2) is 15.3. The van der Waals surface area contributed by atoms with Crippen LogP contribution in [0.3, 0.4) is 0 Å². The molecule has 1 amide bonds. The van der Waals surface area contributed by atoms with Crippen LogP contribution in [0.25, 0.3) is 0 Å². The highest BCUT2D eigenvalue weighted by molar-refractivity contribution is 5.77. The Kier molecular flexibility index (Phi) is 14.7. The molecular weight excluding hydrogens is 252 g/mol. The molecule has 0 saturated heterocycles. The number of hydrogen-bond donors (Lipinski definition) is 2. The summed E-state index contributed by atoms with van der Waals surface area (Å²) in [7, 11) is 3.48. The molecule has 0 bridgehead atoms. The minimum Gasteiger partial charge on any atom is -0.382 e. The number of amides is 1. The van der Waals surface area contributed by atoms with Gasteiger partial charge in [0.2, 0.25) is 5.91 Å². The Hall–Kier alpha value is -0.730. The number of likely N-dealkylation sites (N-methyl/N-ethyl adjacent to an activating group) is 1. The predicted octanol–water partition coefficient (Wildman–Crippen LogP) is -0.982. The number of nitrogens with one attached hydrogen (secondary N) is 2. The van der Waals surface area contributed by atoms with Crippen molar-refractivity contribution < 1.29 is 23.7 Å². The molecule has 0 aromatic carbocycles. The number of ether oxygens (including phenoxy) is 4. The number of carbonyl (C=O) groups is 1. The predicted molar refractivity (Wildman–Crippen MR) is 71.3 cm³/mol. The highest BCUT2D eigenvalue weighted by Crippen LogP contribution is 1.80. The van der Waals surface area contributed by atoms with Gasteiger partial charge in [-0.1, -0.05) is 0 Å². The fourth-order valence-electron chi connectivity index (χ4n) is 1.12.